The van der Waals surface area contributed by atoms with Crippen molar-refractivity contribution in [3.8, 4) is 0 Å². The van der Waals surface area contributed by atoms with Gasteiger partial charge in [-0.25, -0.2) is 9.64 Å². The molecule has 0 N–H and O–H groups in total. The van der Waals surface area contributed by atoms with Crippen molar-refractivity contribution < 1.29 is 0 Å². The fourth-order valence-corrected chi connectivity index (χ4v) is 1.56. The predicted molar refractivity (Wildman–Crippen MR) is 54.4 cm³/mol. The van der Waals surface area contributed by atoms with Crippen LogP contribution in [0, 0.1) is 6.57 Å². The standard InChI is InChI=1S/C10H9N3O/c1-11-7-4-5-8-9(6-7)13(3)10(14)12(8)2/h4-6H,2-3H3. The van der Waals surface area contributed by atoms with Crippen molar-refractivity contribution in [1.29, 1.82) is 0 Å². The minimum absolute atomic E-state index is 0.0675. The van der Waals surface area contributed by atoms with E-state index in [0.717, 1.165) is 11.0 Å². The summed E-state index contributed by atoms with van der Waals surface area (Å²) in [5.74, 6) is 0. The molecule has 1 aromatic heterocycles. The predicted octanol–water partition coefficient (Wildman–Crippen LogP) is 1.43. The maximum atomic E-state index is 11.5. The monoisotopic (exact) mass is 187 g/mol. The lowest BCUT2D eigenvalue weighted by atomic mass is 10.3. The van der Waals surface area contributed by atoms with Crippen molar-refractivity contribution in [3.63, 3.8) is 0 Å². The maximum absolute atomic E-state index is 11.5. The molecule has 14 heavy (non-hydrogen) atoms. The second kappa shape index (κ2) is 2.74. The molecule has 2 aromatic rings. The Labute approximate surface area is 80.8 Å². The number of hydrogen-bond donors (Lipinski definition) is 0. The average Bonchev–Trinajstić information content (AvgIpc) is 2.44. The van der Waals surface area contributed by atoms with Crippen molar-refractivity contribution in [2.45, 2.75) is 0 Å². The average molecular weight is 187 g/mol. The summed E-state index contributed by atoms with van der Waals surface area (Å²) in [6.07, 6.45) is 0. The Morgan fingerprint density at radius 1 is 1.21 bits per heavy atom. The highest BCUT2D eigenvalue weighted by atomic mass is 16.1. The first-order chi connectivity index (χ1) is 6.65. The molecule has 2 rings (SSSR count). The van der Waals surface area contributed by atoms with Gasteiger partial charge < -0.3 is 0 Å². The van der Waals surface area contributed by atoms with E-state index in [1.165, 1.54) is 0 Å². The molecule has 4 heteroatoms. The van der Waals surface area contributed by atoms with Gasteiger partial charge in [0.2, 0.25) is 0 Å². The van der Waals surface area contributed by atoms with Crippen molar-refractivity contribution in [2.75, 3.05) is 0 Å². The smallest absolute Gasteiger partial charge is 0.296 e. The van der Waals surface area contributed by atoms with E-state index in [9.17, 15) is 4.79 Å². The van der Waals surface area contributed by atoms with E-state index in [1.54, 1.807) is 41.4 Å². The first-order valence-electron chi connectivity index (χ1n) is 4.18. The van der Waals surface area contributed by atoms with Gasteiger partial charge in [-0.3, -0.25) is 9.13 Å². The highest BCUT2D eigenvalue weighted by Gasteiger charge is 2.07. The van der Waals surface area contributed by atoms with E-state index in [1.807, 2.05) is 0 Å². The molecule has 0 aliphatic carbocycles. The lowest BCUT2D eigenvalue weighted by Crippen LogP contribution is -2.19. The Balaban J connectivity index is 2.98. The largest absolute Gasteiger partial charge is 0.328 e. The van der Waals surface area contributed by atoms with E-state index in [2.05, 4.69) is 4.85 Å². The van der Waals surface area contributed by atoms with Crippen LogP contribution in [0.2, 0.25) is 0 Å². The Kier molecular flexibility index (Phi) is 1.68. The van der Waals surface area contributed by atoms with E-state index in [4.69, 9.17) is 6.57 Å². The Morgan fingerprint density at radius 3 is 2.50 bits per heavy atom. The number of fused-ring (bicyclic) bond motifs is 1. The number of rotatable bonds is 0. The minimum Gasteiger partial charge on any atom is -0.296 e. The molecule has 0 bridgehead atoms. The van der Waals surface area contributed by atoms with Crippen molar-refractivity contribution >= 4 is 16.7 Å². The Bertz CT molecular complexity index is 598. The third-order valence-corrected chi connectivity index (χ3v) is 2.38. The molecule has 0 saturated heterocycles. The molecular formula is C10H9N3O. The van der Waals surface area contributed by atoms with Crippen molar-refractivity contribution in [2.24, 2.45) is 14.1 Å². The number of nitrogens with zero attached hydrogens (tertiary/aromatic N) is 3. The summed E-state index contributed by atoms with van der Waals surface area (Å²) in [6.45, 7) is 6.88. The van der Waals surface area contributed by atoms with Gasteiger partial charge in [-0.2, -0.15) is 0 Å². The van der Waals surface area contributed by atoms with Crippen LogP contribution in [0.4, 0.5) is 5.69 Å². The second-order valence-electron chi connectivity index (χ2n) is 3.19. The summed E-state index contributed by atoms with van der Waals surface area (Å²) in [4.78, 5) is 14.9. The van der Waals surface area contributed by atoms with Gasteiger partial charge in [0.05, 0.1) is 17.6 Å². The fourth-order valence-electron chi connectivity index (χ4n) is 1.56. The summed E-state index contributed by atoms with van der Waals surface area (Å²) < 4.78 is 3.12. The van der Waals surface area contributed by atoms with Gasteiger partial charge >= 0.3 is 5.69 Å². The fraction of sp³-hybridized carbons (Fsp3) is 0.200. The summed E-state index contributed by atoms with van der Waals surface area (Å²) in [7, 11) is 3.43. The number of aryl methyl sites for hydroxylation is 2. The summed E-state index contributed by atoms with van der Waals surface area (Å²) in [5.41, 5.74) is 2.14. The molecule has 1 aromatic carbocycles. The normalized spacial score (nSPS) is 10.4. The third kappa shape index (κ3) is 0.958. The quantitative estimate of drug-likeness (QED) is 0.574. The second-order valence-corrected chi connectivity index (χ2v) is 3.19. The minimum atomic E-state index is -0.0675. The van der Waals surface area contributed by atoms with Crippen LogP contribution in [0.1, 0.15) is 0 Å². The van der Waals surface area contributed by atoms with Gasteiger partial charge in [-0.1, -0.05) is 6.07 Å². The van der Waals surface area contributed by atoms with Gasteiger partial charge in [0.15, 0.2) is 5.69 Å². The van der Waals surface area contributed by atoms with Crippen molar-refractivity contribution in [3.05, 3.63) is 40.1 Å². The van der Waals surface area contributed by atoms with Crippen LogP contribution in [0.3, 0.4) is 0 Å². The Hall–Kier alpha value is -2.02. The number of benzene rings is 1. The molecule has 0 unspecified atom stereocenters. The molecule has 0 atom stereocenters. The number of imidazole rings is 1. The van der Waals surface area contributed by atoms with Gasteiger partial charge in [0, 0.05) is 14.1 Å². The molecule has 4 nitrogen and oxygen atoms in total. The lowest BCUT2D eigenvalue weighted by molar-refractivity contribution is 0.795. The van der Waals surface area contributed by atoms with Crippen LogP contribution in [0.25, 0.3) is 15.9 Å². The molecule has 0 fully saturated rings. The molecule has 0 radical (unpaired) electrons. The maximum Gasteiger partial charge on any atom is 0.328 e. The van der Waals surface area contributed by atoms with Gasteiger partial charge in [-0.15, -0.1) is 0 Å². The van der Waals surface area contributed by atoms with Gasteiger partial charge in [0.25, 0.3) is 0 Å². The first kappa shape index (κ1) is 8.57. The van der Waals surface area contributed by atoms with E-state index < -0.39 is 0 Å². The highest BCUT2D eigenvalue weighted by molar-refractivity contribution is 5.80. The molecular weight excluding hydrogens is 178 g/mol. The zero-order valence-corrected chi connectivity index (χ0v) is 7.98. The number of aromatic nitrogens is 2. The van der Waals surface area contributed by atoms with Crippen LogP contribution in [-0.2, 0) is 14.1 Å². The molecule has 0 spiro atoms. The van der Waals surface area contributed by atoms with Crippen LogP contribution in [0.5, 0.6) is 0 Å². The molecule has 0 aliphatic heterocycles. The van der Waals surface area contributed by atoms with Crippen LogP contribution in [0.15, 0.2) is 23.0 Å². The van der Waals surface area contributed by atoms with E-state index in [0.29, 0.717) is 5.69 Å². The number of hydrogen-bond acceptors (Lipinski definition) is 1. The Morgan fingerprint density at radius 2 is 1.86 bits per heavy atom. The van der Waals surface area contributed by atoms with Crippen LogP contribution >= 0.6 is 0 Å². The summed E-state index contributed by atoms with van der Waals surface area (Å²) >= 11 is 0. The van der Waals surface area contributed by atoms with Gasteiger partial charge in [0.1, 0.15) is 0 Å². The SMILES string of the molecule is [C-]#[N+]c1ccc2c(c1)n(C)c(=O)n2C. The summed E-state index contributed by atoms with van der Waals surface area (Å²) in [5, 5.41) is 0. The van der Waals surface area contributed by atoms with Gasteiger partial charge in [-0.05, 0) is 12.1 Å². The van der Waals surface area contributed by atoms with Crippen LogP contribution in [-0.4, -0.2) is 9.13 Å². The van der Waals surface area contributed by atoms with E-state index in [-0.39, 0.29) is 5.69 Å². The van der Waals surface area contributed by atoms with Crippen molar-refractivity contribution in [1.82, 2.24) is 9.13 Å². The zero-order valence-electron chi connectivity index (χ0n) is 7.98. The zero-order chi connectivity index (χ0) is 10.3. The topological polar surface area (TPSA) is 31.3 Å². The first-order valence-corrected chi connectivity index (χ1v) is 4.18. The highest BCUT2D eigenvalue weighted by Crippen LogP contribution is 2.19. The third-order valence-electron chi connectivity index (χ3n) is 2.38. The lowest BCUT2D eigenvalue weighted by Gasteiger charge is -1.94. The van der Waals surface area contributed by atoms with Crippen LogP contribution < -0.4 is 5.69 Å². The molecule has 70 valence electrons. The molecule has 0 saturated carbocycles. The molecule has 0 aliphatic rings. The van der Waals surface area contributed by atoms with E-state index >= 15 is 0 Å². The summed E-state index contributed by atoms with van der Waals surface area (Å²) in [6, 6.07) is 5.24. The molecule has 0 amide bonds. The molecule has 1 heterocycles.